The first-order valence-corrected chi connectivity index (χ1v) is 4.77. The van der Waals surface area contributed by atoms with E-state index in [2.05, 4.69) is 4.74 Å². The van der Waals surface area contributed by atoms with Crippen LogP contribution in [0.4, 0.5) is 4.79 Å². The molecular weight excluding hydrogens is 172 g/mol. The fourth-order valence-corrected chi connectivity index (χ4v) is 1.48. The molecule has 0 aromatic heterocycles. The summed E-state index contributed by atoms with van der Waals surface area (Å²) in [5, 5.41) is 8.39. The minimum absolute atomic E-state index is 0.0194. The third kappa shape index (κ3) is 4.12. The highest BCUT2D eigenvalue weighted by Gasteiger charge is 2.17. The minimum Gasteiger partial charge on any atom is -0.432 e. The quantitative estimate of drug-likeness (QED) is 0.681. The fourth-order valence-electron chi connectivity index (χ4n) is 1.48. The second-order valence-corrected chi connectivity index (χ2v) is 3.20. The molecule has 1 fully saturated rings. The largest absolute Gasteiger partial charge is 0.508 e. The maximum Gasteiger partial charge on any atom is 0.508 e. The Bertz CT molecular complexity index is 152. The molecule has 0 atom stereocenters. The van der Waals surface area contributed by atoms with Gasteiger partial charge in [-0.2, -0.15) is 0 Å². The van der Waals surface area contributed by atoms with Crippen molar-refractivity contribution in [1.82, 2.24) is 0 Å². The van der Waals surface area contributed by atoms with Crippen LogP contribution in [-0.2, 0) is 9.47 Å². The van der Waals surface area contributed by atoms with Crippen molar-refractivity contribution in [3.05, 3.63) is 0 Å². The molecule has 0 unspecified atom stereocenters. The molecular formula is C9H16O4. The van der Waals surface area contributed by atoms with Crippen molar-refractivity contribution in [2.45, 2.75) is 38.2 Å². The number of carbonyl (C=O) groups excluding carboxylic acids is 1. The lowest BCUT2D eigenvalue weighted by Gasteiger charge is -2.21. The molecule has 13 heavy (non-hydrogen) atoms. The Morgan fingerprint density at radius 2 is 2.00 bits per heavy atom. The van der Waals surface area contributed by atoms with E-state index in [1.54, 1.807) is 0 Å². The molecule has 0 heterocycles. The Balaban J connectivity index is 2.11. The SMILES string of the molecule is O=C(OCCO)OC1CCCCC1. The van der Waals surface area contributed by atoms with Gasteiger partial charge in [0.2, 0.25) is 0 Å². The molecule has 0 radical (unpaired) electrons. The molecule has 4 nitrogen and oxygen atoms in total. The molecule has 76 valence electrons. The van der Waals surface area contributed by atoms with Crippen LogP contribution in [0.25, 0.3) is 0 Å². The van der Waals surface area contributed by atoms with Crippen LogP contribution >= 0.6 is 0 Å². The lowest BCUT2D eigenvalue weighted by atomic mass is 9.98. The molecule has 0 aliphatic heterocycles. The van der Waals surface area contributed by atoms with Crippen LogP contribution in [0.3, 0.4) is 0 Å². The summed E-state index contributed by atoms with van der Waals surface area (Å²) < 4.78 is 9.60. The Hall–Kier alpha value is -0.770. The summed E-state index contributed by atoms with van der Waals surface area (Å²) in [5.41, 5.74) is 0. The second kappa shape index (κ2) is 5.80. The molecule has 0 spiro atoms. The van der Waals surface area contributed by atoms with Crippen LogP contribution in [0.5, 0.6) is 0 Å². The van der Waals surface area contributed by atoms with E-state index in [1.807, 2.05) is 0 Å². The number of ether oxygens (including phenoxy) is 2. The number of hydrogen-bond donors (Lipinski definition) is 1. The van der Waals surface area contributed by atoms with Gasteiger partial charge in [-0.15, -0.1) is 0 Å². The molecule has 0 aromatic rings. The van der Waals surface area contributed by atoms with Crippen LogP contribution in [-0.4, -0.2) is 30.6 Å². The van der Waals surface area contributed by atoms with E-state index in [0.717, 1.165) is 25.7 Å². The monoisotopic (exact) mass is 188 g/mol. The van der Waals surface area contributed by atoms with Gasteiger partial charge < -0.3 is 14.6 Å². The summed E-state index contributed by atoms with van der Waals surface area (Å²) in [5.74, 6) is 0. The van der Waals surface area contributed by atoms with E-state index in [-0.39, 0.29) is 19.3 Å². The van der Waals surface area contributed by atoms with Crippen molar-refractivity contribution in [2.75, 3.05) is 13.2 Å². The first-order chi connectivity index (χ1) is 6.33. The summed E-state index contributed by atoms with van der Waals surface area (Å²) in [6.07, 6.45) is 4.73. The number of aliphatic hydroxyl groups excluding tert-OH is 1. The average molecular weight is 188 g/mol. The third-order valence-corrected chi connectivity index (χ3v) is 2.13. The van der Waals surface area contributed by atoms with E-state index in [1.165, 1.54) is 6.42 Å². The molecule has 0 aromatic carbocycles. The predicted octanol–water partition coefficient (Wildman–Crippen LogP) is 1.46. The molecule has 1 aliphatic carbocycles. The first-order valence-electron chi connectivity index (χ1n) is 4.77. The van der Waals surface area contributed by atoms with Gasteiger partial charge in [0.05, 0.1) is 6.61 Å². The van der Waals surface area contributed by atoms with Gasteiger partial charge in [-0.25, -0.2) is 4.79 Å². The van der Waals surface area contributed by atoms with Gasteiger partial charge in [0.1, 0.15) is 12.7 Å². The average Bonchev–Trinajstić information content (AvgIpc) is 2.16. The van der Waals surface area contributed by atoms with Gasteiger partial charge in [0.25, 0.3) is 0 Å². The topological polar surface area (TPSA) is 55.8 Å². The number of rotatable bonds is 3. The van der Waals surface area contributed by atoms with Crippen LogP contribution in [0.1, 0.15) is 32.1 Å². The maximum absolute atomic E-state index is 10.9. The predicted molar refractivity (Wildman–Crippen MR) is 46.4 cm³/mol. The molecule has 1 saturated carbocycles. The molecule has 0 saturated heterocycles. The van der Waals surface area contributed by atoms with Gasteiger partial charge in [-0.05, 0) is 25.7 Å². The van der Waals surface area contributed by atoms with E-state index in [4.69, 9.17) is 9.84 Å². The smallest absolute Gasteiger partial charge is 0.432 e. The van der Waals surface area contributed by atoms with Crippen LogP contribution in [0, 0.1) is 0 Å². The van der Waals surface area contributed by atoms with Gasteiger partial charge in [-0.1, -0.05) is 6.42 Å². The van der Waals surface area contributed by atoms with E-state index >= 15 is 0 Å². The second-order valence-electron chi connectivity index (χ2n) is 3.20. The highest BCUT2D eigenvalue weighted by Crippen LogP contribution is 2.20. The van der Waals surface area contributed by atoms with Gasteiger partial charge in [0.15, 0.2) is 0 Å². The zero-order valence-corrected chi connectivity index (χ0v) is 7.70. The number of hydrogen-bond acceptors (Lipinski definition) is 4. The van der Waals surface area contributed by atoms with Crippen molar-refractivity contribution in [3.63, 3.8) is 0 Å². The van der Waals surface area contributed by atoms with E-state index in [0.29, 0.717) is 0 Å². The molecule has 1 aliphatic rings. The minimum atomic E-state index is -0.652. The zero-order chi connectivity index (χ0) is 9.52. The first kappa shape index (κ1) is 10.3. The summed E-state index contributed by atoms with van der Waals surface area (Å²) in [6.45, 7) is -0.134. The van der Waals surface area contributed by atoms with E-state index in [9.17, 15) is 4.79 Å². The molecule has 1 rings (SSSR count). The highest BCUT2D eigenvalue weighted by molar-refractivity contribution is 5.60. The Morgan fingerprint density at radius 1 is 1.31 bits per heavy atom. The lowest BCUT2D eigenvalue weighted by Crippen LogP contribution is -2.22. The third-order valence-electron chi connectivity index (χ3n) is 2.13. The standard InChI is InChI=1S/C9H16O4/c10-6-7-12-9(11)13-8-4-2-1-3-5-8/h8,10H,1-7H2. The number of aliphatic hydroxyl groups is 1. The van der Waals surface area contributed by atoms with Gasteiger partial charge >= 0.3 is 6.16 Å². The van der Waals surface area contributed by atoms with Crippen molar-refractivity contribution in [3.8, 4) is 0 Å². The summed E-state index contributed by atoms with van der Waals surface area (Å²) >= 11 is 0. The number of carbonyl (C=O) groups is 1. The Morgan fingerprint density at radius 3 is 2.62 bits per heavy atom. The molecule has 0 bridgehead atoms. The zero-order valence-electron chi connectivity index (χ0n) is 7.70. The van der Waals surface area contributed by atoms with Crippen LogP contribution in [0.15, 0.2) is 0 Å². The highest BCUT2D eigenvalue weighted by atomic mass is 16.7. The molecule has 0 amide bonds. The van der Waals surface area contributed by atoms with Gasteiger partial charge in [0, 0.05) is 0 Å². The summed E-state index contributed by atoms with van der Waals surface area (Å²) in [6, 6.07) is 0. The lowest BCUT2D eigenvalue weighted by molar-refractivity contribution is 0.00460. The molecule has 1 N–H and O–H groups in total. The Kier molecular flexibility index (Phi) is 4.60. The van der Waals surface area contributed by atoms with Crippen molar-refractivity contribution in [1.29, 1.82) is 0 Å². The van der Waals surface area contributed by atoms with Crippen molar-refractivity contribution in [2.24, 2.45) is 0 Å². The fraction of sp³-hybridized carbons (Fsp3) is 0.889. The van der Waals surface area contributed by atoms with Crippen LogP contribution < -0.4 is 0 Å². The summed E-state index contributed by atoms with van der Waals surface area (Å²) in [4.78, 5) is 10.9. The van der Waals surface area contributed by atoms with Gasteiger partial charge in [-0.3, -0.25) is 0 Å². The normalized spacial score (nSPS) is 18.2. The maximum atomic E-state index is 10.9. The molecule has 4 heteroatoms. The van der Waals surface area contributed by atoms with Crippen molar-refractivity contribution < 1.29 is 19.4 Å². The van der Waals surface area contributed by atoms with Crippen LogP contribution in [0.2, 0.25) is 0 Å². The van der Waals surface area contributed by atoms with Crippen molar-refractivity contribution >= 4 is 6.16 Å². The van der Waals surface area contributed by atoms with E-state index < -0.39 is 6.16 Å². The summed E-state index contributed by atoms with van der Waals surface area (Å²) in [7, 11) is 0. The Labute approximate surface area is 77.8 Å².